The summed E-state index contributed by atoms with van der Waals surface area (Å²) in [7, 11) is 0. The number of amides is 1. The highest BCUT2D eigenvalue weighted by molar-refractivity contribution is 5.79. The van der Waals surface area contributed by atoms with Crippen LogP contribution in [-0.2, 0) is 9.59 Å². The number of carbonyl (C=O) groups excluding carboxylic acids is 1. The van der Waals surface area contributed by atoms with E-state index in [9.17, 15) is 22.8 Å². The van der Waals surface area contributed by atoms with E-state index in [1.165, 1.54) is 4.90 Å². The Morgan fingerprint density at radius 2 is 2.00 bits per heavy atom. The van der Waals surface area contributed by atoms with Crippen LogP contribution in [0.3, 0.4) is 0 Å². The second kappa shape index (κ2) is 5.36. The van der Waals surface area contributed by atoms with Gasteiger partial charge in [-0.05, 0) is 20.3 Å². The molecule has 1 atom stereocenters. The first kappa shape index (κ1) is 15.7. The highest BCUT2D eigenvalue weighted by Gasteiger charge is 2.63. The van der Waals surface area contributed by atoms with Gasteiger partial charge in [0, 0.05) is 19.1 Å². The number of carbonyl (C=O) groups is 2. The van der Waals surface area contributed by atoms with Crippen LogP contribution in [0.1, 0.15) is 20.3 Å². The lowest BCUT2D eigenvalue weighted by Crippen LogP contribution is -2.48. The van der Waals surface area contributed by atoms with Gasteiger partial charge in [0.1, 0.15) is 0 Å². The first-order chi connectivity index (χ1) is 8.58. The summed E-state index contributed by atoms with van der Waals surface area (Å²) in [4.78, 5) is 23.6. The number of hydrogen-bond donors (Lipinski definition) is 2. The molecular formula is C11H17F3N2O3. The zero-order chi connectivity index (χ0) is 14.8. The highest BCUT2D eigenvalue weighted by Crippen LogP contribution is 2.45. The molecule has 110 valence electrons. The summed E-state index contributed by atoms with van der Waals surface area (Å²) in [6.07, 6.45) is -5.34. The predicted molar refractivity (Wildman–Crippen MR) is 60.5 cm³/mol. The van der Waals surface area contributed by atoms with Crippen LogP contribution < -0.4 is 5.32 Å². The topological polar surface area (TPSA) is 69.6 Å². The quantitative estimate of drug-likeness (QED) is 0.802. The average Bonchev–Trinajstić information content (AvgIpc) is 2.60. The number of aliphatic carboxylic acids is 1. The summed E-state index contributed by atoms with van der Waals surface area (Å²) in [5.74, 6) is -2.29. The van der Waals surface area contributed by atoms with E-state index in [1.54, 1.807) is 13.8 Å². The summed E-state index contributed by atoms with van der Waals surface area (Å²) in [6, 6.07) is -0.109. The lowest BCUT2D eigenvalue weighted by molar-refractivity contribution is -0.227. The van der Waals surface area contributed by atoms with Gasteiger partial charge >= 0.3 is 12.1 Å². The maximum absolute atomic E-state index is 12.9. The van der Waals surface area contributed by atoms with Gasteiger partial charge in [0.2, 0.25) is 5.91 Å². The zero-order valence-corrected chi connectivity index (χ0v) is 10.8. The van der Waals surface area contributed by atoms with E-state index >= 15 is 0 Å². The Kier molecular flexibility index (Phi) is 4.44. The smallest absolute Gasteiger partial charge is 0.406 e. The van der Waals surface area contributed by atoms with Crippen molar-refractivity contribution in [3.63, 3.8) is 0 Å². The molecule has 0 saturated carbocycles. The van der Waals surface area contributed by atoms with Gasteiger partial charge in [-0.15, -0.1) is 0 Å². The monoisotopic (exact) mass is 282 g/mol. The van der Waals surface area contributed by atoms with Crippen LogP contribution in [0.15, 0.2) is 0 Å². The summed E-state index contributed by atoms with van der Waals surface area (Å²) < 4.78 is 38.6. The van der Waals surface area contributed by atoms with Gasteiger partial charge in [-0.2, -0.15) is 13.2 Å². The van der Waals surface area contributed by atoms with Crippen molar-refractivity contribution in [1.29, 1.82) is 0 Å². The van der Waals surface area contributed by atoms with Crippen LogP contribution in [0.5, 0.6) is 0 Å². The zero-order valence-electron chi connectivity index (χ0n) is 10.8. The molecule has 1 unspecified atom stereocenters. The number of rotatable bonds is 4. The Balaban J connectivity index is 2.70. The fourth-order valence-corrected chi connectivity index (χ4v) is 2.12. The van der Waals surface area contributed by atoms with Gasteiger partial charge in [0.15, 0.2) is 5.41 Å². The molecule has 1 rings (SSSR count). The van der Waals surface area contributed by atoms with Gasteiger partial charge in [-0.3, -0.25) is 14.5 Å². The minimum Gasteiger partial charge on any atom is -0.481 e. The van der Waals surface area contributed by atoms with Crippen molar-refractivity contribution >= 4 is 11.9 Å². The van der Waals surface area contributed by atoms with Crippen LogP contribution in [-0.4, -0.2) is 53.7 Å². The number of likely N-dealkylation sites (tertiary alicyclic amines) is 1. The second-order valence-corrected chi connectivity index (χ2v) is 5.07. The molecule has 8 heteroatoms. The van der Waals surface area contributed by atoms with Crippen molar-refractivity contribution < 1.29 is 27.9 Å². The number of alkyl halides is 3. The molecule has 1 aliphatic heterocycles. The molecule has 1 heterocycles. The molecule has 0 aromatic heterocycles. The number of carboxylic acid groups (broad SMARTS) is 1. The van der Waals surface area contributed by atoms with Crippen molar-refractivity contribution in [2.45, 2.75) is 32.5 Å². The van der Waals surface area contributed by atoms with Gasteiger partial charge in [-0.1, -0.05) is 0 Å². The van der Waals surface area contributed by atoms with Crippen LogP contribution in [0.25, 0.3) is 0 Å². The van der Waals surface area contributed by atoms with Crippen molar-refractivity contribution in [3.05, 3.63) is 0 Å². The number of halogens is 3. The molecule has 5 nitrogen and oxygen atoms in total. The Labute approximate surface area is 108 Å². The Bertz CT molecular complexity index is 371. The lowest BCUT2D eigenvalue weighted by atomic mass is 9.86. The molecule has 0 aliphatic carbocycles. The van der Waals surface area contributed by atoms with Crippen LogP contribution >= 0.6 is 0 Å². The number of nitrogens with zero attached hydrogens (tertiary/aromatic N) is 1. The van der Waals surface area contributed by atoms with E-state index in [2.05, 4.69) is 5.32 Å². The molecular weight excluding hydrogens is 265 g/mol. The van der Waals surface area contributed by atoms with Gasteiger partial charge in [0.25, 0.3) is 0 Å². The van der Waals surface area contributed by atoms with Crippen molar-refractivity contribution in [2.75, 3.05) is 19.6 Å². The van der Waals surface area contributed by atoms with E-state index in [0.29, 0.717) is 0 Å². The van der Waals surface area contributed by atoms with Gasteiger partial charge in [-0.25, -0.2) is 0 Å². The Morgan fingerprint density at radius 3 is 2.37 bits per heavy atom. The summed E-state index contributed by atoms with van der Waals surface area (Å²) in [6.45, 7) is 2.51. The van der Waals surface area contributed by atoms with E-state index in [0.717, 1.165) is 0 Å². The summed E-state index contributed by atoms with van der Waals surface area (Å²) in [5, 5.41) is 11.4. The van der Waals surface area contributed by atoms with Crippen molar-refractivity contribution in [2.24, 2.45) is 5.41 Å². The largest absolute Gasteiger partial charge is 0.481 e. The van der Waals surface area contributed by atoms with E-state index < -0.39 is 36.4 Å². The normalized spacial score (nSPS) is 24.7. The molecule has 0 aromatic rings. The lowest BCUT2D eigenvalue weighted by Gasteiger charge is -2.27. The molecule has 0 bridgehead atoms. The van der Waals surface area contributed by atoms with Crippen molar-refractivity contribution in [3.8, 4) is 0 Å². The number of nitrogens with one attached hydrogen (secondary N) is 1. The van der Waals surface area contributed by atoms with Crippen LogP contribution in [0.2, 0.25) is 0 Å². The predicted octanol–water partition coefficient (Wildman–Crippen LogP) is 0.850. The Hall–Kier alpha value is -1.31. The molecule has 0 aromatic carbocycles. The fourth-order valence-electron chi connectivity index (χ4n) is 2.12. The van der Waals surface area contributed by atoms with Gasteiger partial charge in [0.05, 0.1) is 6.54 Å². The van der Waals surface area contributed by atoms with E-state index in [-0.39, 0.29) is 19.1 Å². The second-order valence-electron chi connectivity index (χ2n) is 5.07. The third-order valence-electron chi connectivity index (χ3n) is 3.12. The molecule has 1 aliphatic rings. The highest BCUT2D eigenvalue weighted by atomic mass is 19.4. The van der Waals surface area contributed by atoms with Crippen LogP contribution in [0, 0.1) is 5.41 Å². The molecule has 0 spiro atoms. The summed E-state index contributed by atoms with van der Waals surface area (Å²) in [5.41, 5.74) is -2.76. The maximum atomic E-state index is 12.9. The van der Waals surface area contributed by atoms with Gasteiger partial charge < -0.3 is 10.4 Å². The average molecular weight is 282 g/mol. The Morgan fingerprint density at radius 1 is 1.42 bits per heavy atom. The molecule has 19 heavy (non-hydrogen) atoms. The number of hydrogen-bond acceptors (Lipinski definition) is 3. The van der Waals surface area contributed by atoms with E-state index in [4.69, 9.17) is 5.11 Å². The first-order valence-electron chi connectivity index (χ1n) is 5.90. The molecule has 1 amide bonds. The molecule has 2 N–H and O–H groups in total. The SMILES string of the molecule is CC(C)NC(=O)CN1CCC(C(=O)O)(C(F)(F)F)C1. The summed E-state index contributed by atoms with van der Waals surface area (Å²) >= 11 is 0. The molecule has 0 radical (unpaired) electrons. The van der Waals surface area contributed by atoms with E-state index in [1.807, 2.05) is 0 Å². The third kappa shape index (κ3) is 3.37. The standard InChI is InChI=1S/C11H17F3N2O3/c1-7(2)15-8(17)5-16-4-3-10(6-16,9(18)19)11(12,13)14/h7H,3-6H2,1-2H3,(H,15,17)(H,18,19). The maximum Gasteiger partial charge on any atom is 0.406 e. The third-order valence-corrected chi connectivity index (χ3v) is 3.12. The minimum atomic E-state index is -4.82. The fraction of sp³-hybridized carbons (Fsp3) is 0.818. The first-order valence-corrected chi connectivity index (χ1v) is 5.90. The molecule has 1 saturated heterocycles. The minimum absolute atomic E-state index is 0.0582. The van der Waals surface area contributed by atoms with Crippen molar-refractivity contribution in [1.82, 2.24) is 10.2 Å². The van der Waals surface area contributed by atoms with Crippen LogP contribution in [0.4, 0.5) is 13.2 Å². The number of carboxylic acids is 1. The molecule has 1 fully saturated rings.